The van der Waals surface area contributed by atoms with Crippen LogP contribution in [0.15, 0.2) is 47.4 Å². The number of hydrogen-bond acceptors (Lipinski definition) is 5. The van der Waals surface area contributed by atoms with E-state index < -0.39 is 9.84 Å². The van der Waals surface area contributed by atoms with Crippen molar-refractivity contribution < 1.29 is 17.9 Å². The lowest BCUT2D eigenvalue weighted by Gasteiger charge is -2.15. The summed E-state index contributed by atoms with van der Waals surface area (Å²) in [5.74, 6) is 0.456. The van der Waals surface area contributed by atoms with Gasteiger partial charge in [0.15, 0.2) is 9.84 Å². The topological polar surface area (TPSA) is 84.5 Å². The molecule has 0 aliphatic heterocycles. The molecule has 2 N–H and O–H groups in total. The van der Waals surface area contributed by atoms with Crippen LogP contribution in [-0.4, -0.2) is 34.2 Å². The molecule has 0 aliphatic carbocycles. The van der Waals surface area contributed by atoms with Gasteiger partial charge >= 0.3 is 0 Å². The summed E-state index contributed by atoms with van der Waals surface area (Å²) >= 11 is 0. The number of anilines is 2. The van der Waals surface area contributed by atoms with Crippen molar-refractivity contribution in [2.24, 2.45) is 0 Å². The third kappa shape index (κ3) is 4.98. The van der Waals surface area contributed by atoms with Crippen molar-refractivity contribution in [3.8, 4) is 5.75 Å². The number of nitrogens with one attached hydrogen (secondary N) is 2. The van der Waals surface area contributed by atoms with E-state index in [0.29, 0.717) is 11.4 Å². The zero-order valence-corrected chi connectivity index (χ0v) is 16.2. The first kappa shape index (κ1) is 19.8. The van der Waals surface area contributed by atoms with Gasteiger partial charge in [0.05, 0.1) is 24.2 Å². The summed E-state index contributed by atoms with van der Waals surface area (Å²) in [6, 6.07) is 12.3. The molecule has 2 aromatic carbocycles. The Bertz CT molecular complexity index is 892. The Morgan fingerprint density at radius 1 is 1.12 bits per heavy atom. The maximum absolute atomic E-state index is 12.3. The minimum atomic E-state index is -3.47. The van der Waals surface area contributed by atoms with Gasteiger partial charge in [0, 0.05) is 18.0 Å². The quantitative estimate of drug-likeness (QED) is 0.775. The predicted octanol–water partition coefficient (Wildman–Crippen LogP) is 3.27. The maximum atomic E-state index is 12.3. The second-order valence-corrected chi connectivity index (χ2v) is 8.26. The highest BCUT2D eigenvalue weighted by Crippen LogP contribution is 2.27. The van der Waals surface area contributed by atoms with E-state index in [-0.39, 0.29) is 23.3 Å². The van der Waals surface area contributed by atoms with Crippen molar-refractivity contribution in [3.05, 3.63) is 48.0 Å². The molecule has 0 heterocycles. The fraction of sp³-hybridized carbons (Fsp3) is 0.316. The summed E-state index contributed by atoms with van der Waals surface area (Å²) in [6.07, 6.45) is 1.12. The van der Waals surface area contributed by atoms with Crippen molar-refractivity contribution in [2.45, 2.75) is 24.7 Å². The second kappa shape index (κ2) is 8.23. The van der Waals surface area contributed by atoms with Gasteiger partial charge in [0.2, 0.25) is 5.91 Å². The van der Waals surface area contributed by atoms with Crippen LogP contribution in [0.3, 0.4) is 0 Å². The summed E-state index contributed by atoms with van der Waals surface area (Å²) < 4.78 is 29.0. The SMILES string of the molecule is COc1ccc(NCC(=O)Nc2ccccc2C(C)C)c(S(C)(=O)=O)c1. The first-order valence-corrected chi connectivity index (χ1v) is 10.1. The van der Waals surface area contributed by atoms with Gasteiger partial charge in [-0.2, -0.15) is 0 Å². The van der Waals surface area contributed by atoms with Crippen molar-refractivity contribution in [2.75, 3.05) is 30.5 Å². The smallest absolute Gasteiger partial charge is 0.243 e. The van der Waals surface area contributed by atoms with E-state index in [0.717, 1.165) is 17.5 Å². The zero-order chi connectivity index (χ0) is 19.3. The van der Waals surface area contributed by atoms with Gasteiger partial charge in [-0.25, -0.2) is 8.42 Å². The fourth-order valence-corrected chi connectivity index (χ4v) is 3.44. The van der Waals surface area contributed by atoms with Crippen molar-refractivity contribution in [1.29, 1.82) is 0 Å². The summed E-state index contributed by atoms with van der Waals surface area (Å²) in [5.41, 5.74) is 2.16. The number of methoxy groups -OCH3 is 1. The molecule has 0 aromatic heterocycles. The second-order valence-electron chi connectivity index (χ2n) is 6.28. The summed E-state index contributed by atoms with van der Waals surface area (Å²) in [5, 5.41) is 5.76. The molecule has 140 valence electrons. The number of rotatable bonds is 7. The van der Waals surface area contributed by atoms with Crippen LogP contribution in [0.25, 0.3) is 0 Å². The summed E-state index contributed by atoms with van der Waals surface area (Å²) in [6.45, 7) is 4.05. The Labute approximate surface area is 154 Å². The summed E-state index contributed by atoms with van der Waals surface area (Å²) in [4.78, 5) is 12.4. The van der Waals surface area contributed by atoms with E-state index in [4.69, 9.17) is 4.74 Å². The van der Waals surface area contributed by atoms with Crippen LogP contribution in [0.2, 0.25) is 0 Å². The first-order chi connectivity index (χ1) is 12.2. The average molecular weight is 376 g/mol. The Hall–Kier alpha value is -2.54. The molecule has 0 aliphatic rings. The van der Waals surface area contributed by atoms with Crippen LogP contribution in [0.4, 0.5) is 11.4 Å². The number of hydrogen-bond donors (Lipinski definition) is 2. The number of sulfone groups is 1. The van der Waals surface area contributed by atoms with Gasteiger partial charge in [-0.15, -0.1) is 0 Å². The van der Waals surface area contributed by atoms with E-state index >= 15 is 0 Å². The normalized spacial score (nSPS) is 11.3. The van der Waals surface area contributed by atoms with Gasteiger partial charge in [0.1, 0.15) is 5.75 Å². The lowest BCUT2D eigenvalue weighted by molar-refractivity contribution is -0.114. The van der Waals surface area contributed by atoms with Crippen LogP contribution in [-0.2, 0) is 14.6 Å². The van der Waals surface area contributed by atoms with Crippen LogP contribution in [0.1, 0.15) is 25.3 Å². The zero-order valence-electron chi connectivity index (χ0n) is 15.4. The molecule has 7 heteroatoms. The lowest BCUT2D eigenvalue weighted by Crippen LogP contribution is -2.23. The molecule has 26 heavy (non-hydrogen) atoms. The molecule has 0 atom stereocenters. The molecule has 0 saturated heterocycles. The highest BCUT2D eigenvalue weighted by molar-refractivity contribution is 7.90. The highest BCUT2D eigenvalue weighted by atomic mass is 32.2. The third-order valence-electron chi connectivity index (χ3n) is 3.88. The number of ether oxygens (including phenoxy) is 1. The van der Waals surface area contributed by atoms with Crippen LogP contribution >= 0.6 is 0 Å². The van der Waals surface area contributed by atoms with Crippen LogP contribution in [0.5, 0.6) is 5.75 Å². The largest absolute Gasteiger partial charge is 0.497 e. The summed E-state index contributed by atoms with van der Waals surface area (Å²) in [7, 11) is -2.00. The molecular formula is C19H24N2O4S. The lowest BCUT2D eigenvalue weighted by atomic mass is 10.0. The van der Waals surface area contributed by atoms with Crippen LogP contribution < -0.4 is 15.4 Å². The van der Waals surface area contributed by atoms with Crippen molar-refractivity contribution >= 4 is 27.1 Å². The van der Waals surface area contributed by atoms with E-state index in [1.807, 2.05) is 24.3 Å². The average Bonchev–Trinajstić information content (AvgIpc) is 2.59. The van der Waals surface area contributed by atoms with Gasteiger partial charge in [-0.05, 0) is 29.7 Å². The Balaban J connectivity index is 2.13. The fourth-order valence-electron chi connectivity index (χ4n) is 2.57. The molecule has 6 nitrogen and oxygen atoms in total. The molecule has 2 aromatic rings. The number of benzene rings is 2. The van der Waals surface area contributed by atoms with E-state index in [1.165, 1.54) is 13.2 Å². The van der Waals surface area contributed by atoms with Gasteiger partial charge < -0.3 is 15.4 Å². The first-order valence-electron chi connectivity index (χ1n) is 8.23. The van der Waals surface area contributed by atoms with Crippen molar-refractivity contribution in [3.63, 3.8) is 0 Å². The Kier molecular flexibility index (Phi) is 6.26. The highest BCUT2D eigenvalue weighted by Gasteiger charge is 2.16. The molecular weight excluding hydrogens is 352 g/mol. The minimum absolute atomic E-state index is 0.0543. The van der Waals surface area contributed by atoms with Crippen molar-refractivity contribution in [1.82, 2.24) is 0 Å². The Morgan fingerprint density at radius 2 is 1.81 bits per heavy atom. The monoisotopic (exact) mass is 376 g/mol. The van der Waals surface area contributed by atoms with Crippen LogP contribution in [0, 0.1) is 0 Å². The van der Waals surface area contributed by atoms with Gasteiger partial charge in [0.25, 0.3) is 0 Å². The number of carbonyl (C=O) groups excluding carboxylic acids is 1. The molecule has 0 unspecified atom stereocenters. The number of para-hydroxylation sites is 1. The third-order valence-corrected chi connectivity index (χ3v) is 5.02. The maximum Gasteiger partial charge on any atom is 0.243 e. The molecule has 2 rings (SSSR count). The predicted molar refractivity (Wildman–Crippen MR) is 104 cm³/mol. The molecule has 0 radical (unpaired) electrons. The standard InChI is InChI=1S/C19H24N2O4S/c1-13(2)15-7-5-6-8-16(15)21-19(22)12-20-17-10-9-14(25-3)11-18(17)26(4,23)24/h5-11,13,20H,12H2,1-4H3,(H,21,22). The number of amides is 1. The molecule has 0 bridgehead atoms. The molecule has 0 fully saturated rings. The van der Waals surface area contributed by atoms with E-state index in [2.05, 4.69) is 24.5 Å². The number of carbonyl (C=O) groups is 1. The molecule has 0 saturated carbocycles. The minimum Gasteiger partial charge on any atom is -0.497 e. The van der Waals surface area contributed by atoms with E-state index in [1.54, 1.807) is 12.1 Å². The molecule has 1 amide bonds. The molecule has 0 spiro atoms. The van der Waals surface area contributed by atoms with Gasteiger partial charge in [-0.1, -0.05) is 32.0 Å². The van der Waals surface area contributed by atoms with E-state index in [9.17, 15) is 13.2 Å². The Morgan fingerprint density at radius 3 is 2.42 bits per heavy atom. The van der Waals surface area contributed by atoms with Gasteiger partial charge in [-0.3, -0.25) is 4.79 Å².